The molecule has 0 saturated heterocycles. The summed E-state index contributed by atoms with van der Waals surface area (Å²) in [6, 6.07) is 7.86. The van der Waals surface area contributed by atoms with Crippen molar-refractivity contribution in [2.45, 2.75) is 26.8 Å². The van der Waals surface area contributed by atoms with Crippen LogP contribution in [-0.2, 0) is 11.3 Å². The van der Waals surface area contributed by atoms with Crippen molar-refractivity contribution in [3.05, 3.63) is 35.4 Å². The van der Waals surface area contributed by atoms with Gasteiger partial charge >= 0.3 is 0 Å². The fourth-order valence-electron chi connectivity index (χ4n) is 1.78. The van der Waals surface area contributed by atoms with Crippen molar-refractivity contribution in [2.75, 3.05) is 13.6 Å². The van der Waals surface area contributed by atoms with Crippen molar-refractivity contribution >= 4 is 5.91 Å². The smallest absolute Gasteiger partial charge is 0.222 e. The summed E-state index contributed by atoms with van der Waals surface area (Å²) in [5, 5.41) is 0. The van der Waals surface area contributed by atoms with Gasteiger partial charge in [-0.15, -0.1) is 0 Å². The van der Waals surface area contributed by atoms with Gasteiger partial charge in [0.15, 0.2) is 0 Å². The predicted octanol–water partition coefficient (Wildman–Crippen LogP) is 2.00. The molecule has 102 valence electrons. The van der Waals surface area contributed by atoms with Gasteiger partial charge < -0.3 is 10.6 Å². The standard InChI is InChI=1S/C16H22N2O/c1-13(2)11-16(19)18(3)12-15-8-5-4-7-14(15)9-6-10-17/h4-5,7-8,13H,10-12,17H2,1-3H3. The lowest BCUT2D eigenvalue weighted by Gasteiger charge is -2.19. The monoisotopic (exact) mass is 258 g/mol. The Hall–Kier alpha value is -1.79. The number of hydrogen-bond donors (Lipinski definition) is 1. The first-order valence-corrected chi connectivity index (χ1v) is 6.55. The van der Waals surface area contributed by atoms with Gasteiger partial charge in [-0.2, -0.15) is 0 Å². The molecular weight excluding hydrogens is 236 g/mol. The molecule has 0 spiro atoms. The number of rotatable bonds is 4. The Kier molecular flexibility index (Phi) is 6.11. The van der Waals surface area contributed by atoms with Crippen molar-refractivity contribution in [3.63, 3.8) is 0 Å². The van der Waals surface area contributed by atoms with E-state index in [2.05, 4.69) is 11.8 Å². The van der Waals surface area contributed by atoms with E-state index in [0.717, 1.165) is 11.1 Å². The zero-order valence-electron chi connectivity index (χ0n) is 11.9. The van der Waals surface area contributed by atoms with Crippen molar-refractivity contribution in [3.8, 4) is 11.8 Å². The number of nitrogens with two attached hydrogens (primary N) is 1. The maximum Gasteiger partial charge on any atom is 0.222 e. The Labute approximate surface area is 115 Å². The van der Waals surface area contributed by atoms with Crippen LogP contribution in [0.5, 0.6) is 0 Å². The van der Waals surface area contributed by atoms with Gasteiger partial charge in [0, 0.05) is 25.6 Å². The fourth-order valence-corrected chi connectivity index (χ4v) is 1.78. The first-order valence-electron chi connectivity index (χ1n) is 6.55. The number of carbonyl (C=O) groups excluding carboxylic acids is 1. The summed E-state index contributed by atoms with van der Waals surface area (Å²) in [6.07, 6.45) is 0.577. The summed E-state index contributed by atoms with van der Waals surface area (Å²) in [5.74, 6) is 6.44. The molecule has 19 heavy (non-hydrogen) atoms. The quantitative estimate of drug-likeness (QED) is 0.840. The van der Waals surface area contributed by atoms with Crippen LogP contribution in [0, 0.1) is 17.8 Å². The minimum absolute atomic E-state index is 0.164. The van der Waals surface area contributed by atoms with Crippen molar-refractivity contribution < 1.29 is 4.79 Å². The highest BCUT2D eigenvalue weighted by atomic mass is 16.2. The first-order chi connectivity index (χ1) is 9.04. The molecule has 0 atom stereocenters. The molecule has 0 aliphatic heterocycles. The molecule has 0 radical (unpaired) electrons. The highest BCUT2D eigenvalue weighted by Crippen LogP contribution is 2.12. The van der Waals surface area contributed by atoms with Crippen LogP contribution in [0.15, 0.2) is 24.3 Å². The Bertz CT molecular complexity index is 483. The largest absolute Gasteiger partial charge is 0.341 e. The molecule has 0 aliphatic rings. The number of benzene rings is 1. The second-order valence-corrected chi connectivity index (χ2v) is 5.01. The third kappa shape index (κ3) is 5.15. The van der Waals surface area contributed by atoms with Gasteiger partial charge in [-0.3, -0.25) is 4.79 Å². The van der Waals surface area contributed by atoms with Crippen LogP contribution in [0.2, 0.25) is 0 Å². The maximum atomic E-state index is 12.0. The van der Waals surface area contributed by atoms with E-state index in [1.807, 2.05) is 45.2 Å². The van der Waals surface area contributed by atoms with E-state index in [1.165, 1.54) is 0 Å². The van der Waals surface area contributed by atoms with E-state index in [4.69, 9.17) is 5.73 Å². The highest BCUT2D eigenvalue weighted by Gasteiger charge is 2.12. The van der Waals surface area contributed by atoms with Crippen LogP contribution in [0.1, 0.15) is 31.4 Å². The molecule has 0 heterocycles. The Morgan fingerprint density at radius 3 is 2.68 bits per heavy atom. The van der Waals surface area contributed by atoms with Crippen LogP contribution >= 0.6 is 0 Å². The van der Waals surface area contributed by atoms with E-state index < -0.39 is 0 Å². The Morgan fingerprint density at radius 1 is 1.37 bits per heavy atom. The van der Waals surface area contributed by atoms with E-state index in [9.17, 15) is 4.79 Å². The molecule has 0 bridgehead atoms. The summed E-state index contributed by atoms with van der Waals surface area (Å²) in [5.41, 5.74) is 7.39. The van der Waals surface area contributed by atoms with E-state index in [1.54, 1.807) is 4.90 Å². The maximum absolute atomic E-state index is 12.0. The van der Waals surface area contributed by atoms with Gasteiger partial charge in [0.1, 0.15) is 0 Å². The lowest BCUT2D eigenvalue weighted by molar-refractivity contribution is -0.131. The minimum Gasteiger partial charge on any atom is -0.341 e. The predicted molar refractivity (Wildman–Crippen MR) is 78.3 cm³/mol. The molecular formula is C16H22N2O. The molecule has 1 aromatic carbocycles. The molecule has 1 aromatic rings. The molecule has 3 nitrogen and oxygen atoms in total. The van der Waals surface area contributed by atoms with Crippen molar-refractivity contribution in [1.29, 1.82) is 0 Å². The summed E-state index contributed by atoms with van der Waals surface area (Å²) in [4.78, 5) is 13.7. The molecule has 1 rings (SSSR count). The molecule has 0 aliphatic carbocycles. The third-order valence-corrected chi connectivity index (χ3v) is 2.76. The van der Waals surface area contributed by atoms with Gasteiger partial charge in [0.05, 0.1) is 6.54 Å². The second-order valence-electron chi connectivity index (χ2n) is 5.01. The van der Waals surface area contributed by atoms with Crippen LogP contribution in [0.25, 0.3) is 0 Å². The summed E-state index contributed by atoms with van der Waals surface area (Å²) in [7, 11) is 1.83. The first kappa shape index (κ1) is 15.3. The number of carbonyl (C=O) groups is 1. The molecule has 0 fully saturated rings. The van der Waals surface area contributed by atoms with Gasteiger partial charge in [-0.05, 0) is 17.5 Å². The third-order valence-electron chi connectivity index (χ3n) is 2.76. The SMILES string of the molecule is CC(C)CC(=O)N(C)Cc1ccccc1C#CCN. The minimum atomic E-state index is 0.164. The van der Waals surface area contributed by atoms with Gasteiger partial charge in [0.25, 0.3) is 0 Å². The Morgan fingerprint density at radius 2 is 2.05 bits per heavy atom. The fraction of sp³-hybridized carbons (Fsp3) is 0.438. The van der Waals surface area contributed by atoms with Gasteiger partial charge in [-0.1, -0.05) is 43.9 Å². The van der Waals surface area contributed by atoms with Crippen LogP contribution in [-0.4, -0.2) is 24.4 Å². The van der Waals surface area contributed by atoms with Gasteiger partial charge in [-0.25, -0.2) is 0 Å². The number of nitrogens with zero attached hydrogens (tertiary/aromatic N) is 1. The highest BCUT2D eigenvalue weighted by molar-refractivity contribution is 5.76. The van der Waals surface area contributed by atoms with Crippen LogP contribution in [0.3, 0.4) is 0 Å². The molecule has 1 amide bonds. The normalized spacial score (nSPS) is 9.95. The average Bonchev–Trinajstić information content (AvgIpc) is 2.36. The van der Waals surface area contributed by atoms with Gasteiger partial charge in [0.2, 0.25) is 5.91 Å². The van der Waals surface area contributed by atoms with Crippen LogP contribution < -0.4 is 5.73 Å². The van der Waals surface area contributed by atoms with E-state index in [0.29, 0.717) is 25.4 Å². The van der Waals surface area contributed by atoms with E-state index >= 15 is 0 Å². The number of hydrogen-bond acceptors (Lipinski definition) is 2. The summed E-state index contributed by atoms with van der Waals surface area (Å²) < 4.78 is 0. The molecule has 2 N–H and O–H groups in total. The molecule has 0 unspecified atom stereocenters. The van der Waals surface area contributed by atoms with Crippen LogP contribution in [0.4, 0.5) is 0 Å². The van der Waals surface area contributed by atoms with Crippen molar-refractivity contribution in [1.82, 2.24) is 4.90 Å². The topological polar surface area (TPSA) is 46.3 Å². The molecule has 0 aromatic heterocycles. The molecule has 3 heteroatoms. The van der Waals surface area contributed by atoms with Crippen molar-refractivity contribution in [2.24, 2.45) is 11.7 Å². The average molecular weight is 258 g/mol. The number of amides is 1. The summed E-state index contributed by atoms with van der Waals surface area (Å²) >= 11 is 0. The Balaban J connectivity index is 2.79. The second kappa shape index (κ2) is 7.60. The lowest BCUT2D eigenvalue weighted by Crippen LogP contribution is -2.27. The molecule has 0 saturated carbocycles. The lowest BCUT2D eigenvalue weighted by atomic mass is 10.1. The van der Waals surface area contributed by atoms with E-state index in [-0.39, 0.29) is 5.91 Å². The summed E-state index contributed by atoms with van der Waals surface area (Å²) in [6.45, 7) is 5.02. The zero-order valence-corrected chi connectivity index (χ0v) is 11.9. The zero-order chi connectivity index (χ0) is 14.3.